The van der Waals surface area contributed by atoms with Crippen LogP contribution in [-0.4, -0.2) is 44.7 Å². The van der Waals surface area contributed by atoms with Crippen LogP contribution in [0.4, 0.5) is 5.69 Å². The van der Waals surface area contributed by atoms with E-state index in [2.05, 4.69) is 0 Å². The van der Waals surface area contributed by atoms with E-state index in [1.54, 1.807) is 0 Å². The van der Waals surface area contributed by atoms with E-state index in [1.807, 2.05) is 0 Å². The van der Waals surface area contributed by atoms with Crippen molar-refractivity contribution in [3.05, 3.63) is 18.2 Å². The van der Waals surface area contributed by atoms with Gasteiger partial charge in [-0.1, -0.05) is 0 Å². The van der Waals surface area contributed by atoms with E-state index in [4.69, 9.17) is 4.74 Å². The fourth-order valence-corrected chi connectivity index (χ4v) is 4.63. The Hall–Kier alpha value is -1.93. The molecule has 0 aromatic heterocycles. The number of hydrogen-bond donors (Lipinski definition) is 0. The fraction of sp³-hybridized carbons (Fsp3) is 0.467. The standard InChI is InChI=1S/C15H18N2O5S/c1-22-12-5-4-11(17-14(18)6-7-15(17)19)10-13(12)23(20,21)16-8-2-3-9-16/h4-5,10H,2-3,6-9H2,1H3. The van der Waals surface area contributed by atoms with E-state index in [1.165, 1.54) is 29.6 Å². The molecule has 0 radical (unpaired) electrons. The van der Waals surface area contributed by atoms with Gasteiger partial charge in [0.25, 0.3) is 0 Å². The molecule has 0 atom stereocenters. The number of hydrogen-bond acceptors (Lipinski definition) is 5. The highest BCUT2D eigenvalue weighted by Crippen LogP contribution is 2.34. The summed E-state index contributed by atoms with van der Waals surface area (Å²) in [6.45, 7) is 0.939. The zero-order chi connectivity index (χ0) is 16.6. The smallest absolute Gasteiger partial charge is 0.246 e. The molecule has 0 N–H and O–H groups in total. The summed E-state index contributed by atoms with van der Waals surface area (Å²) in [5.41, 5.74) is 0.274. The highest BCUT2D eigenvalue weighted by atomic mass is 32.2. The number of benzene rings is 1. The molecular formula is C15H18N2O5S. The van der Waals surface area contributed by atoms with E-state index >= 15 is 0 Å². The highest BCUT2D eigenvalue weighted by molar-refractivity contribution is 7.89. The summed E-state index contributed by atoms with van der Waals surface area (Å²) in [6, 6.07) is 4.37. The summed E-state index contributed by atoms with van der Waals surface area (Å²) >= 11 is 0. The van der Waals surface area contributed by atoms with Gasteiger partial charge in [-0.3, -0.25) is 14.5 Å². The molecule has 0 unspecified atom stereocenters. The zero-order valence-corrected chi connectivity index (χ0v) is 13.6. The molecule has 0 spiro atoms. The van der Waals surface area contributed by atoms with Crippen molar-refractivity contribution in [2.24, 2.45) is 0 Å². The summed E-state index contributed by atoms with van der Waals surface area (Å²) in [5.74, 6) is -0.422. The molecule has 0 saturated carbocycles. The number of amides is 2. The van der Waals surface area contributed by atoms with Crippen LogP contribution in [0.3, 0.4) is 0 Å². The summed E-state index contributed by atoms with van der Waals surface area (Å²) in [6.07, 6.45) is 1.95. The van der Waals surface area contributed by atoms with Crippen LogP contribution in [0, 0.1) is 0 Å². The Balaban J connectivity index is 2.06. The average Bonchev–Trinajstić information content (AvgIpc) is 3.17. The molecule has 7 nitrogen and oxygen atoms in total. The van der Waals surface area contributed by atoms with Gasteiger partial charge in [-0.2, -0.15) is 4.31 Å². The monoisotopic (exact) mass is 338 g/mol. The number of imide groups is 1. The van der Waals surface area contributed by atoms with Crippen molar-refractivity contribution in [3.8, 4) is 5.75 Å². The lowest BCUT2D eigenvalue weighted by molar-refractivity contribution is -0.121. The van der Waals surface area contributed by atoms with E-state index in [0.717, 1.165) is 17.7 Å². The number of rotatable bonds is 4. The molecule has 2 aliphatic rings. The van der Waals surface area contributed by atoms with Crippen molar-refractivity contribution in [2.75, 3.05) is 25.1 Å². The first-order chi connectivity index (χ1) is 10.9. The van der Waals surface area contributed by atoms with Gasteiger partial charge < -0.3 is 4.74 Å². The van der Waals surface area contributed by atoms with Gasteiger partial charge in [-0.05, 0) is 31.0 Å². The third-order valence-corrected chi connectivity index (χ3v) is 6.06. The molecule has 3 rings (SSSR count). The van der Waals surface area contributed by atoms with Crippen LogP contribution < -0.4 is 9.64 Å². The van der Waals surface area contributed by atoms with Crippen molar-refractivity contribution in [2.45, 2.75) is 30.6 Å². The first kappa shape index (κ1) is 15.9. The van der Waals surface area contributed by atoms with Crippen LogP contribution in [-0.2, 0) is 19.6 Å². The maximum atomic E-state index is 12.8. The molecule has 2 amide bonds. The Bertz CT molecular complexity index is 737. The summed E-state index contributed by atoms with van der Waals surface area (Å²) in [7, 11) is -2.32. The van der Waals surface area contributed by atoms with E-state index in [9.17, 15) is 18.0 Å². The van der Waals surface area contributed by atoms with Crippen LogP contribution >= 0.6 is 0 Å². The Morgan fingerprint density at radius 2 is 1.65 bits per heavy atom. The van der Waals surface area contributed by atoms with Gasteiger partial charge >= 0.3 is 0 Å². The molecule has 0 bridgehead atoms. The number of carbonyl (C=O) groups is 2. The predicted octanol–water partition coefficient (Wildman–Crippen LogP) is 1.13. The van der Waals surface area contributed by atoms with Crippen LogP contribution in [0.5, 0.6) is 5.75 Å². The molecule has 8 heteroatoms. The fourth-order valence-electron chi connectivity index (χ4n) is 2.94. The van der Waals surface area contributed by atoms with Crippen LogP contribution in [0.25, 0.3) is 0 Å². The van der Waals surface area contributed by atoms with Crippen molar-refractivity contribution < 1.29 is 22.7 Å². The minimum Gasteiger partial charge on any atom is -0.495 e. The normalized spacial score (nSPS) is 19.6. The molecule has 2 saturated heterocycles. The number of carbonyl (C=O) groups excluding carboxylic acids is 2. The molecule has 23 heavy (non-hydrogen) atoms. The van der Waals surface area contributed by atoms with Crippen LogP contribution in [0.2, 0.25) is 0 Å². The Labute approximate surface area is 134 Å². The molecule has 2 fully saturated rings. The van der Waals surface area contributed by atoms with Gasteiger partial charge in [0.2, 0.25) is 21.8 Å². The van der Waals surface area contributed by atoms with Crippen LogP contribution in [0.15, 0.2) is 23.1 Å². The molecule has 124 valence electrons. The lowest BCUT2D eigenvalue weighted by Gasteiger charge is -2.20. The zero-order valence-electron chi connectivity index (χ0n) is 12.8. The maximum Gasteiger partial charge on any atom is 0.246 e. The maximum absolute atomic E-state index is 12.8. The third kappa shape index (κ3) is 2.72. The van der Waals surface area contributed by atoms with Crippen molar-refractivity contribution in [3.63, 3.8) is 0 Å². The lowest BCUT2D eigenvalue weighted by atomic mass is 10.2. The van der Waals surface area contributed by atoms with Gasteiger partial charge in [-0.15, -0.1) is 0 Å². The van der Waals surface area contributed by atoms with Crippen molar-refractivity contribution >= 4 is 27.5 Å². The number of nitrogens with zero attached hydrogens (tertiary/aromatic N) is 2. The third-order valence-electron chi connectivity index (χ3n) is 4.14. The highest BCUT2D eigenvalue weighted by Gasteiger charge is 2.34. The predicted molar refractivity (Wildman–Crippen MR) is 82.7 cm³/mol. The Morgan fingerprint density at radius 3 is 2.22 bits per heavy atom. The molecule has 1 aromatic carbocycles. The van der Waals surface area contributed by atoms with Gasteiger partial charge in [0.05, 0.1) is 12.8 Å². The number of sulfonamides is 1. The van der Waals surface area contributed by atoms with Gasteiger partial charge in [-0.25, -0.2) is 8.42 Å². The summed E-state index contributed by atoms with van der Waals surface area (Å²) in [5, 5.41) is 0. The van der Waals surface area contributed by atoms with Crippen molar-refractivity contribution in [1.82, 2.24) is 4.31 Å². The average molecular weight is 338 g/mol. The Morgan fingerprint density at radius 1 is 1.04 bits per heavy atom. The SMILES string of the molecule is COc1ccc(N2C(=O)CCC2=O)cc1S(=O)(=O)N1CCCC1. The van der Waals surface area contributed by atoms with Gasteiger partial charge in [0, 0.05) is 25.9 Å². The molecule has 2 heterocycles. The van der Waals surface area contributed by atoms with Gasteiger partial charge in [0.1, 0.15) is 10.6 Å². The van der Waals surface area contributed by atoms with E-state index in [0.29, 0.717) is 13.1 Å². The number of ether oxygens (including phenoxy) is 1. The van der Waals surface area contributed by atoms with E-state index < -0.39 is 10.0 Å². The quantitative estimate of drug-likeness (QED) is 0.769. The minimum absolute atomic E-state index is 0.00750. The molecular weight excluding hydrogens is 320 g/mol. The number of anilines is 1. The van der Waals surface area contributed by atoms with Crippen molar-refractivity contribution in [1.29, 1.82) is 0 Å². The first-order valence-electron chi connectivity index (χ1n) is 7.49. The summed E-state index contributed by atoms with van der Waals surface area (Å²) in [4.78, 5) is 24.8. The second-order valence-corrected chi connectivity index (χ2v) is 7.48. The summed E-state index contributed by atoms with van der Waals surface area (Å²) < 4.78 is 32.2. The molecule has 1 aromatic rings. The second kappa shape index (κ2) is 5.93. The molecule has 0 aliphatic carbocycles. The molecule has 2 aliphatic heterocycles. The first-order valence-corrected chi connectivity index (χ1v) is 8.93. The van der Waals surface area contributed by atoms with Gasteiger partial charge in [0.15, 0.2) is 0 Å². The minimum atomic E-state index is -3.71. The largest absolute Gasteiger partial charge is 0.495 e. The lowest BCUT2D eigenvalue weighted by Crippen LogP contribution is -2.30. The Kier molecular flexibility index (Phi) is 4.11. The number of methoxy groups -OCH3 is 1. The van der Waals surface area contributed by atoms with Crippen LogP contribution in [0.1, 0.15) is 25.7 Å². The van der Waals surface area contributed by atoms with E-state index in [-0.39, 0.29) is 41.0 Å². The topological polar surface area (TPSA) is 84.0 Å². The second-order valence-electron chi connectivity index (χ2n) is 5.57.